The molecule has 0 unspecified atom stereocenters. The molecule has 0 aliphatic heterocycles. The number of rotatable bonds is 5. The minimum atomic E-state index is -1.55. The van der Waals surface area contributed by atoms with E-state index in [4.69, 9.17) is 0 Å². The van der Waals surface area contributed by atoms with E-state index in [1.165, 1.54) is 6.20 Å². The maximum Gasteiger partial charge on any atom is 0.249 e. The monoisotopic (exact) mass is 359 g/mol. The zero-order valence-electron chi connectivity index (χ0n) is 14.1. The lowest BCUT2D eigenvalue weighted by Crippen LogP contribution is -2.05. The van der Waals surface area contributed by atoms with Gasteiger partial charge in [-0.3, -0.25) is 0 Å². The zero-order chi connectivity index (χ0) is 18.7. The molecule has 8 heteroatoms. The van der Waals surface area contributed by atoms with Gasteiger partial charge in [-0.25, -0.2) is 13.2 Å². The van der Waals surface area contributed by atoms with Crippen LogP contribution in [0.25, 0.3) is 0 Å². The van der Waals surface area contributed by atoms with Gasteiger partial charge in [-0.2, -0.15) is 10.1 Å². The van der Waals surface area contributed by atoms with Gasteiger partial charge in [0.2, 0.25) is 5.95 Å². The third-order valence-electron chi connectivity index (χ3n) is 3.69. The highest BCUT2D eigenvalue weighted by Gasteiger charge is 2.14. The number of halogens is 3. The molecule has 0 aliphatic carbocycles. The molecule has 0 amide bonds. The summed E-state index contributed by atoms with van der Waals surface area (Å²) >= 11 is 0. The summed E-state index contributed by atoms with van der Waals surface area (Å²) in [6.07, 6.45) is 1.25. The number of benzene rings is 2. The number of aromatic nitrogens is 3. The van der Waals surface area contributed by atoms with E-state index in [1.807, 2.05) is 24.3 Å². The fraction of sp³-hybridized carbons (Fsp3) is 0.167. The Morgan fingerprint density at radius 3 is 2.42 bits per heavy atom. The highest BCUT2D eigenvalue weighted by Crippen LogP contribution is 2.26. The molecule has 5 nitrogen and oxygen atoms in total. The number of anilines is 4. The van der Waals surface area contributed by atoms with Crippen LogP contribution in [-0.2, 0) is 0 Å². The minimum Gasteiger partial charge on any atom is -0.336 e. The fourth-order valence-corrected chi connectivity index (χ4v) is 2.41. The average molecular weight is 359 g/mol. The molecule has 2 aromatic carbocycles. The topological polar surface area (TPSA) is 62.7 Å². The fourth-order valence-electron chi connectivity index (χ4n) is 2.41. The lowest BCUT2D eigenvalue weighted by atomic mass is 10.0. The second-order valence-electron chi connectivity index (χ2n) is 5.88. The maximum absolute atomic E-state index is 13.8. The Morgan fingerprint density at radius 1 is 0.885 bits per heavy atom. The Bertz CT molecular complexity index is 930. The van der Waals surface area contributed by atoms with Gasteiger partial charge in [0.25, 0.3) is 0 Å². The van der Waals surface area contributed by atoms with Crippen molar-refractivity contribution in [3.05, 3.63) is 65.6 Å². The summed E-state index contributed by atoms with van der Waals surface area (Å²) in [5.41, 5.74) is 1.64. The van der Waals surface area contributed by atoms with Gasteiger partial charge in [-0.05, 0) is 29.7 Å². The summed E-state index contributed by atoms with van der Waals surface area (Å²) in [4.78, 5) is 4.18. The van der Waals surface area contributed by atoms with Gasteiger partial charge in [0.05, 0.1) is 11.9 Å². The molecular formula is C18H16F3N5. The van der Waals surface area contributed by atoms with Crippen molar-refractivity contribution in [3.63, 3.8) is 0 Å². The first-order valence-electron chi connectivity index (χ1n) is 7.92. The van der Waals surface area contributed by atoms with Gasteiger partial charge in [-0.1, -0.05) is 32.0 Å². The van der Waals surface area contributed by atoms with Crippen molar-refractivity contribution in [1.82, 2.24) is 15.2 Å². The first kappa shape index (κ1) is 17.7. The lowest BCUT2D eigenvalue weighted by Gasteiger charge is -2.13. The SMILES string of the molecule is CC(C)c1ccccc1Nc1nncc(Nc2ccc(F)c(F)c2F)n1. The maximum atomic E-state index is 13.8. The van der Waals surface area contributed by atoms with Gasteiger partial charge in [0.15, 0.2) is 23.3 Å². The quantitative estimate of drug-likeness (QED) is 0.635. The minimum absolute atomic E-state index is 0.134. The molecule has 0 saturated heterocycles. The van der Waals surface area contributed by atoms with Crippen molar-refractivity contribution in [2.75, 3.05) is 10.6 Å². The van der Waals surface area contributed by atoms with E-state index >= 15 is 0 Å². The lowest BCUT2D eigenvalue weighted by molar-refractivity contribution is 0.449. The molecule has 0 bridgehead atoms. The molecule has 3 aromatic rings. The van der Waals surface area contributed by atoms with Crippen LogP contribution < -0.4 is 10.6 Å². The summed E-state index contributed by atoms with van der Waals surface area (Å²) in [7, 11) is 0. The summed E-state index contributed by atoms with van der Waals surface area (Å²) in [5.74, 6) is -3.55. The van der Waals surface area contributed by atoms with Crippen LogP contribution in [0.5, 0.6) is 0 Å². The summed E-state index contributed by atoms with van der Waals surface area (Å²) in [5, 5.41) is 13.3. The molecule has 0 fully saturated rings. The van der Waals surface area contributed by atoms with E-state index in [-0.39, 0.29) is 23.4 Å². The second-order valence-corrected chi connectivity index (χ2v) is 5.88. The van der Waals surface area contributed by atoms with Crippen LogP contribution in [0, 0.1) is 17.5 Å². The van der Waals surface area contributed by atoms with Crippen molar-refractivity contribution in [2.24, 2.45) is 0 Å². The normalized spacial score (nSPS) is 10.8. The third kappa shape index (κ3) is 3.74. The van der Waals surface area contributed by atoms with Crippen molar-refractivity contribution < 1.29 is 13.2 Å². The van der Waals surface area contributed by atoms with E-state index in [0.717, 1.165) is 23.4 Å². The van der Waals surface area contributed by atoms with Crippen molar-refractivity contribution in [3.8, 4) is 0 Å². The molecule has 2 N–H and O–H groups in total. The molecule has 0 aliphatic rings. The molecule has 134 valence electrons. The second kappa shape index (κ2) is 7.38. The summed E-state index contributed by atoms with van der Waals surface area (Å²) < 4.78 is 40.1. The van der Waals surface area contributed by atoms with Crippen LogP contribution in [0.15, 0.2) is 42.6 Å². The highest BCUT2D eigenvalue weighted by molar-refractivity contribution is 5.61. The predicted molar refractivity (Wildman–Crippen MR) is 93.2 cm³/mol. The third-order valence-corrected chi connectivity index (χ3v) is 3.69. The Balaban J connectivity index is 1.85. The van der Waals surface area contributed by atoms with Crippen LogP contribution in [0.4, 0.5) is 36.3 Å². The van der Waals surface area contributed by atoms with Crippen LogP contribution in [0.2, 0.25) is 0 Å². The van der Waals surface area contributed by atoms with Crippen molar-refractivity contribution >= 4 is 23.1 Å². The van der Waals surface area contributed by atoms with Crippen LogP contribution >= 0.6 is 0 Å². The first-order valence-corrected chi connectivity index (χ1v) is 7.92. The number of nitrogens with one attached hydrogen (secondary N) is 2. The van der Waals surface area contributed by atoms with Gasteiger partial charge < -0.3 is 10.6 Å². The first-order chi connectivity index (χ1) is 12.5. The molecule has 3 rings (SSSR count). The molecule has 1 heterocycles. The smallest absolute Gasteiger partial charge is 0.249 e. The van der Waals surface area contributed by atoms with Gasteiger partial charge in [-0.15, -0.1) is 5.10 Å². The van der Waals surface area contributed by atoms with E-state index in [0.29, 0.717) is 0 Å². The Kier molecular flexibility index (Phi) is 5.01. The Morgan fingerprint density at radius 2 is 1.65 bits per heavy atom. The Hall–Kier alpha value is -3.16. The molecule has 0 spiro atoms. The van der Waals surface area contributed by atoms with Crippen molar-refractivity contribution in [1.29, 1.82) is 0 Å². The average Bonchev–Trinajstić information content (AvgIpc) is 2.63. The van der Waals surface area contributed by atoms with Gasteiger partial charge >= 0.3 is 0 Å². The molecule has 1 aromatic heterocycles. The largest absolute Gasteiger partial charge is 0.336 e. The number of nitrogens with zero attached hydrogens (tertiary/aromatic N) is 3. The van der Waals surface area contributed by atoms with Crippen LogP contribution in [0.3, 0.4) is 0 Å². The standard InChI is InChI=1S/C18H16F3N5/c1-10(2)11-5-3-4-6-13(11)24-18-25-15(9-22-26-18)23-14-8-7-12(19)16(20)17(14)21/h3-10H,1-2H3,(H2,23,24,25,26). The Labute approximate surface area is 148 Å². The highest BCUT2D eigenvalue weighted by atomic mass is 19.2. The van der Waals surface area contributed by atoms with E-state index in [1.54, 1.807) is 0 Å². The molecule has 0 radical (unpaired) electrons. The van der Waals surface area contributed by atoms with E-state index in [2.05, 4.69) is 39.7 Å². The van der Waals surface area contributed by atoms with Crippen LogP contribution in [-0.4, -0.2) is 15.2 Å². The molecular weight excluding hydrogens is 343 g/mol. The molecule has 26 heavy (non-hydrogen) atoms. The predicted octanol–water partition coefficient (Wildman–Crippen LogP) is 4.90. The summed E-state index contributed by atoms with van der Waals surface area (Å²) in [6.45, 7) is 4.12. The van der Waals surface area contributed by atoms with Gasteiger partial charge in [0.1, 0.15) is 0 Å². The van der Waals surface area contributed by atoms with E-state index in [9.17, 15) is 13.2 Å². The van der Waals surface area contributed by atoms with Crippen LogP contribution in [0.1, 0.15) is 25.3 Å². The van der Waals surface area contributed by atoms with Crippen molar-refractivity contribution in [2.45, 2.75) is 19.8 Å². The van der Waals surface area contributed by atoms with Gasteiger partial charge in [0, 0.05) is 5.69 Å². The summed E-state index contributed by atoms with van der Waals surface area (Å²) in [6, 6.07) is 9.58. The zero-order valence-corrected chi connectivity index (χ0v) is 14.1. The number of hydrogen-bond donors (Lipinski definition) is 2. The molecule has 0 atom stereocenters. The van der Waals surface area contributed by atoms with E-state index < -0.39 is 17.5 Å². The number of hydrogen-bond acceptors (Lipinski definition) is 5. The number of para-hydroxylation sites is 1. The molecule has 0 saturated carbocycles.